The first-order valence-corrected chi connectivity index (χ1v) is 8.01. The molecule has 0 fully saturated rings. The number of ether oxygens (including phenoxy) is 1. The number of carbonyl (C=O) groups excluding carboxylic acids is 2. The van der Waals surface area contributed by atoms with Gasteiger partial charge in [0.15, 0.2) is 6.61 Å². The van der Waals surface area contributed by atoms with Crippen LogP contribution in [0.3, 0.4) is 0 Å². The van der Waals surface area contributed by atoms with Gasteiger partial charge in [0.2, 0.25) is 5.88 Å². The van der Waals surface area contributed by atoms with Gasteiger partial charge in [0.25, 0.3) is 12.3 Å². The van der Waals surface area contributed by atoms with Crippen molar-refractivity contribution in [1.29, 1.82) is 0 Å². The summed E-state index contributed by atoms with van der Waals surface area (Å²) in [6.45, 7) is 0.776. The average Bonchev–Trinajstić information content (AvgIpc) is 2.58. The molecule has 0 saturated carbocycles. The smallest absolute Gasteiger partial charge is 0.272 e. The number of rotatable bonds is 8. The minimum Gasteiger partial charge on any atom is -0.471 e. The lowest BCUT2D eigenvalue weighted by Crippen LogP contribution is -2.23. The monoisotopic (exact) mass is 383 g/mol. The molecule has 0 aromatic carbocycles. The standard InChI is InChI=1S/C17H16ClF2N3O3/c1-10(24)4-13-6-12(2-3-21-13)16(25)22-7-11-5-14(18)17(23-8-11)26-9-15(19)20/h2-3,5-6,8,15H,4,7,9H2,1H3,(H,22,25). The Labute approximate surface area is 153 Å². The topological polar surface area (TPSA) is 81.2 Å². The predicted octanol–water partition coefficient (Wildman–Crippen LogP) is 2.84. The van der Waals surface area contributed by atoms with Crippen LogP contribution in [-0.4, -0.2) is 34.7 Å². The summed E-state index contributed by atoms with van der Waals surface area (Å²) in [5.74, 6) is -0.499. The molecule has 2 aromatic heterocycles. The highest BCUT2D eigenvalue weighted by atomic mass is 35.5. The molecule has 1 N–H and O–H groups in total. The minimum atomic E-state index is -2.62. The van der Waals surface area contributed by atoms with E-state index >= 15 is 0 Å². The van der Waals surface area contributed by atoms with Gasteiger partial charge in [0.05, 0.1) is 0 Å². The van der Waals surface area contributed by atoms with E-state index in [1.807, 2.05) is 0 Å². The Morgan fingerprint density at radius 3 is 2.73 bits per heavy atom. The summed E-state index contributed by atoms with van der Waals surface area (Å²) in [5.41, 5.74) is 1.45. The third kappa shape index (κ3) is 6.03. The number of nitrogens with one attached hydrogen (secondary N) is 1. The van der Waals surface area contributed by atoms with Crippen molar-refractivity contribution in [2.24, 2.45) is 0 Å². The van der Waals surface area contributed by atoms with Crippen LogP contribution in [-0.2, 0) is 17.8 Å². The molecule has 9 heteroatoms. The molecule has 0 aliphatic heterocycles. The summed E-state index contributed by atoms with van der Waals surface area (Å²) >= 11 is 5.93. The largest absolute Gasteiger partial charge is 0.471 e. The van der Waals surface area contributed by atoms with Crippen molar-refractivity contribution in [1.82, 2.24) is 15.3 Å². The van der Waals surface area contributed by atoms with Crippen LogP contribution in [0.15, 0.2) is 30.6 Å². The van der Waals surface area contributed by atoms with Gasteiger partial charge in [-0.2, -0.15) is 0 Å². The molecule has 0 radical (unpaired) electrons. The molecular formula is C17H16ClF2N3O3. The lowest BCUT2D eigenvalue weighted by atomic mass is 10.1. The van der Waals surface area contributed by atoms with Gasteiger partial charge in [-0.3, -0.25) is 14.6 Å². The van der Waals surface area contributed by atoms with E-state index in [4.69, 9.17) is 16.3 Å². The molecule has 0 bridgehead atoms. The fourth-order valence-corrected chi connectivity index (χ4v) is 2.31. The van der Waals surface area contributed by atoms with E-state index in [-0.39, 0.29) is 35.6 Å². The van der Waals surface area contributed by atoms with Gasteiger partial charge >= 0.3 is 0 Å². The van der Waals surface area contributed by atoms with Crippen molar-refractivity contribution in [2.75, 3.05) is 6.61 Å². The molecule has 0 spiro atoms. The number of hydrogen-bond acceptors (Lipinski definition) is 5. The molecule has 1 amide bonds. The van der Waals surface area contributed by atoms with Gasteiger partial charge in [-0.15, -0.1) is 0 Å². The number of amides is 1. The van der Waals surface area contributed by atoms with E-state index in [0.29, 0.717) is 16.8 Å². The third-order valence-corrected chi connectivity index (χ3v) is 3.44. The number of carbonyl (C=O) groups is 2. The summed E-state index contributed by atoms with van der Waals surface area (Å²) in [7, 11) is 0. The highest BCUT2D eigenvalue weighted by Gasteiger charge is 2.11. The van der Waals surface area contributed by atoms with Crippen molar-refractivity contribution >= 4 is 23.3 Å². The second kappa shape index (κ2) is 9.19. The first kappa shape index (κ1) is 19.7. The molecule has 2 aromatic rings. The van der Waals surface area contributed by atoms with E-state index < -0.39 is 13.0 Å². The summed E-state index contributed by atoms with van der Waals surface area (Å²) in [5, 5.41) is 2.76. The zero-order chi connectivity index (χ0) is 19.1. The molecule has 138 valence electrons. The van der Waals surface area contributed by atoms with Crippen LogP contribution in [0.5, 0.6) is 5.88 Å². The second-order valence-corrected chi connectivity index (χ2v) is 5.84. The number of Topliss-reactive ketones (excluding diaryl/α,β-unsaturated/α-hetero) is 1. The second-order valence-electron chi connectivity index (χ2n) is 5.43. The van der Waals surface area contributed by atoms with Gasteiger partial charge in [-0.05, 0) is 30.7 Å². The number of hydrogen-bond donors (Lipinski definition) is 1. The zero-order valence-corrected chi connectivity index (χ0v) is 14.6. The Morgan fingerprint density at radius 1 is 1.31 bits per heavy atom. The Balaban J connectivity index is 1.97. The van der Waals surface area contributed by atoms with Gasteiger partial charge in [0.1, 0.15) is 10.8 Å². The van der Waals surface area contributed by atoms with Crippen molar-refractivity contribution in [2.45, 2.75) is 26.3 Å². The van der Waals surface area contributed by atoms with E-state index in [9.17, 15) is 18.4 Å². The number of ketones is 1. The summed E-state index contributed by atoms with van der Waals surface area (Å²) < 4.78 is 29.0. The lowest BCUT2D eigenvalue weighted by molar-refractivity contribution is -0.116. The van der Waals surface area contributed by atoms with Crippen LogP contribution in [0, 0.1) is 0 Å². The number of aromatic nitrogens is 2. The highest BCUT2D eigenvalue weighted by Crippen LogP contribution is 2.22. The Hall–Kier alpha value is -2.61. The van der Waals surface area contributed by atoms with E-state index in [2.05, 4.69) is 15.3 Å². The van der Waals surface area contributed by atoms with Crippen molar-refractivity contribution in [3.05, 3.63) is 52.4 Å². The Bertz CT molecular complexity index is 803. The van der Waals surface area contributed by atoms with Crippen molar-refractivity contribution < 1.29 is 23.1 Å². The van der Waals surface area contributed by atoms with Crippen LogP contribution < -0.4 is 10.1 Å². The Morgan fingerprint density at radius 2 is 2.08 bits per heavy atom. The molecule has 0 aliphatic rings. The van der Waals surface area contributed by atoms with Crippen LogP contribution in [0.4, 0.5) is 8.78 Å². The predicted molar refractivity (Wildman–Crippen MR) is 90.5 cm³/mol. The average molecular weight is 384 g/mol. The SMILES string of the molecule is CC(=O)Cc1cc(C(=O)NCc2cnc(OCC(F)F)c(Cl)c2)ccn1. The highest BCUT2D eigenvalue weighted by molar-refractivity contribution is 6.31. The van der Waals surface area contributed by atoms with Gasteiger partial charge in [-0.25, -0.2) is 13.8 Å². The van der Waals surface area contributed by atoms with Crippen LogP contribution in [0.2, 0.25) is 5.02 Å². The quantitative estimate of drug-likeness (QED) is 0.758. The molecular weight excluding hydrogens is 368 g/mol. The number of pyridine rings is 2. The fourth-order valence-electron chi connectivity index (χ4n) is 2.07. The lowest BCUT2D eigenvalue weighted by Gasteiger charge is -2.09. The zero-order valence-electron chi connectivity index (χ0n) is 13.8. The molecule has 0 saturated heterocycles. The summed E-state index contributed by atoms with van der Waals surface area (Å²) in [6, 6.07) is 4.55. The molecule has 0 atom stereocenters. The van der Waals surface area contributed by atoms with Crippen LogP contribution in [0.25, 0.3) is 0 Å². The third-order valence-electron chi connectivity index (χ3n) is 3.17. The summed E-state index contributed by atoms with van der Waals surface area (Å²) in [4.78, 5) is 31.2. The minimum absolute atomic E-state index is 0.0510. The van der Waals surface area contributed by atoms with E-state index in [1.54, 1.807) is 6.07 Å². The fraction of sp³-hybridized carbons (Fsp3) is 0.294. The maximum Gasteiger partial charge on any atom is 0.272 e. The van der Waals surface area contributed by atoms with Gasteiger partial charge in [-0.1, -0.05) is 11.6 Å². The van der Waals surface area contributed by atoms with Crippen LogP contribution >= 0.6 is 11.6 Å². The molecule has 0 aliphatic carbocycles. The number of alkyl halides is 2. The molecule has 2 heterocycles. The molecule has 6 nitrogen and oxygen atoms in total. The maximum absolute atomic E-state index is 12.2. The van der Waals surface area contributed by atoms with Gasteiger partial charge < -0.3 is 10.1 Å². The van der Waals surface area contributed by atoms with E-state index in [1.165, 1.54) is 31.5 Å². The normalized spacial score (nSPS) is 10.7. The molecule has 2 rings (SSSR count). The summed E-state index contributed by atoms with van der Waals surface area (Å²) in [6.07, 6.45) is 0.363. The van der Waals surface area contributed by atoms with Crippen molar-refractivity contribution in [3.8, 4) is 5.88 Å². The van der Waals surface area contributed by atoms with Gasteiger partial charge in [0, 0.05) is 36.6 Å². The first-order chi connectivity index (χ1) is 12.3. The number of nitrogens with zero attached hydrogens (tertiary/aromatic N) is 2. The number of halogens is 3. The molecule has 0 unspecified atom stereocenters. The Kier molecular flexibility index (Phi) is 6.97. The van der Waals surface area contributed by atoms with Crippen LogP contribution in [0.1, 0.15) is 28.5 Å². The molecule has 26 heavy (non-hydrogen) atoms. The van der Waals surface area contributed by atoms with E-state index in [0.717, 1.165) is 0 Å². The maximum atomic E-state index is 12.2. The first-order valence-electron chi connectivity index (χ1n) is 7.63. The van der Waals surface area contributed by atoms with Crippen molar-refractivity contribution in [3.63, 3.8) is 0 Å².